The van der Waals surface area contributed by atoms with Gasteiger partial charge in [0.05, 0.1) is 40.1 Å². The number of aromatic nitrogens is 8. The van der Waals surface area contributed by atoms with E-state index in [1.54, 1.807) is 39.6 Å². The molecule has 0 fully saturated rings. The summed E-state index contributed by atoms with van der Waals surface area (Å²) in [5, 5.41) is 11.4. The zero-order valence-electron chi connectivity index (χ0n) is 28.4. The number of hydrogen-bond acceptors (Lipinski definition) is 12. The number of hydrogen-bond donors (Lipinski definition) is 0. The Morgan fingerprint density at radius 1 is 0.685 bits per heavy atom. The lowest BCUT2D eigenvalue weighted by Gasteiger charge is -2.11. The van der Waals surface area contributed by atoms with Crippen LogP contribution >= 0.6 is 23.2 Å². The Bertz CT molecular complexity index is 2820. The molecule has 0 unspecified atom stereocenters. The molecular formula is C36H27Cl2N9O5S2. The van der Waals surface area contributed by atoms with Crippen molar-refractivity contribution in [1.82, 2.24) is 39.0 Å². The largest absolute Gasteiger partial charge is 0.303 e. The molecule has 54 heavy (non-hydrogen) atoms. The van der Waals surface area contributed by atoms with Gasteiger partial charge in [0.2, 0.25) is 30.0 Å². The first-order valence-electron chi connectivity index (χ1n) is 15.7. The molecule has 4 aromatic heterocycles. The van der Waals surface area contributed by atoms with Crippen LogP contribution in [-0.2, 0) is 37.3 Å². The van der Waals surface area contributed by atoms with E-state index in [1.165, 1.54) is 24.7 Å². The van der Waals surface area contributed by atoms with E-state index < -0.39 is 19.7 Å². The van der Waals surface area contributed by atoms with Crippen LogP contribution in [0, 0.1) is 11.3 Å². The van der Waals surface area contributed by atoms with Gasteiger partial charge < -0.3 is 4.79 Å². The van der Waals surface area contributed by atoms with Crippen molar-refractivity contribution in [2.45, 2.75) is 23.2 Å². The highest BCUT2D eigenvalue weighted by molar-refractivity contribution is 7.90. The Kier molecular flexibility index (Phi) is 11.0. The van der Waals surface area contributed by atoms with Crippen molar-refractivity contribution in [2.75, 3.05) is 12.5 Å². The van der Waals surface area contributed by atoms with Gasteiger partial charge in [0.1, 0.15) is 29.6 Å². The monoisotopic (exact) mass is 799 g/mol. The van der Waals surface area contributed by atoms with Crippen molar-refractivity contribution in [2.24, 2.45) is 0 Å². The normalized spacial score (nSPS) is 11.5. The second kappa shape index (κ2) is 15.6. The number of fused-ring (bicyclic) bond motifs is 1. The van der Waals surface area contributed by atoms with Gasteiger partial charge in [0.25, 0.3) is 0 Å². The van der Waals surface area contributed by atoms with Gasteiger partial charge in [0, 0.05) is 48.6 Å². The summed E-state index contributed by atoms with van der Waals surface area (Å²) in [5.41, 5.74) is 2.63. The number of halogens is 2. The van der Waals surface area contributed by atoms with E-state index in [2.05, 4.69) is 36.0 Å². The molecule has 7 aromatic rings. The van der Waals surface area contributed by atoms with Crippen LogP contribution in [0.3, 0.4) is 0 Å². The highest BCUT2D eigenvalue weighted by atomic mass is 35.5. The molecule has 0 aliphatic rings. The Hall–Kier alpha value is -5.86. The standard InChI is InChI=1S/C20H16N4O3S.C16H11Cl2N5O2S/c1-28(26,27)20-21-10-8-18(23-20)24-17(9-11-25)13-22-19(24)16-7-6-14-4-2-3-5-15(14)12-16;1-26(24,25)16-20-7-5-14(22-16)23-11(4-6-19)9-21-15(23)10-2-3-12(17)13(18)8-10/h2-8,10-13H,9H2,1H3;2-3,5,7-9H,4H2,1H3. The van der Waals surface area contributed by atoms with Gasteiger partial charge >= 0.3 is 0 Å². The summed E-state index contributed by atoms with van der Waals surface area (Å²) in [6, 6.07) is 24.1. The molecule has 4 heterocycles. The van der Waals surface area contributed by atoms with E-state index in [0.717, 1.165) is 35.1 Å². The third-order valence-corrected chi connectivity index (χ3v) is 10.2. The van der Waals surface area contributed by atoms with E-state index in [-0.39, 0.29) is 29.0 Å². The maximum atomic E-state index is 11.9. The van der Waals surface area contributed by atoms with Crippen molar-refractivity contribution < 1.29 is 21.6 Å². The number of nitrogens with zero attached hydrogens (tertiary/aromatic N) is 9. The van der Waals surface area contributed by atoms with E-state index in [1.807, 2.05) is 42.5 Å². The van der Waals surface area contributed by atoms with Crippen LogP contribution in [0.5, 0.6) is 0 Å². The first-order valence-corrected chi connectivity index (χ1v) is 20.3. The molecule has 0 amide bonds. The summed E-state index contributed by atoms with van der Waals surface area (Å²) in [5.74, 6) is 1.64. The van der Waals surface area contributed by atoms with E-state index in [4.69, 9.17) is 28.5 Å². The fourth-order valence-electron chi connectivity index (χ4n) is 5.36. The van der Waals surface area contributed by atoms with Crippen LogP contribution in [0.4, 0.5) is 0 Å². The molecule has 0 radical (unpaired) electrons. The number of benzene rings is 3. The van der Waals surface area contributed by atoms with E-state index >= 15 is 0 Å². The smallest absolute Gasteiger partial charge is 0.248 e. The highest BCUT2D eigenvalue weighted by Gasteiger charge is 2.20. The minimum atomic E-state index is -3.59. The summed E-state index contributed by atoms with van der Waals surface area (Å²) in [6.07, 6.45) is 8.89. The molecule has 0 bridgehead atoms. The molecule has 272 valence electrons. The molecular weight excluding hydrogens is 773 g/mol. The summed E-state index contributed by atoms with van der Waals surface area (Å²) in [4.78, 5) is 35.9. The minimum absolute atomic E-state index is 0.0620. The topological polar surface area (TPSA) is 196 Å². The molecule has 14 nitrogen and oxygen atoms in total. The van der Waals surface area contributed by atoms with Crippen molar-refractivity contribution in [3.63, 3.8) is 0 Å². The van der Waals surface area contributed by atoms with Crippen molar-refractivity contribution in [3.05, 3.63) is 119 Å². The number of sulfone groups is 2. The van der Waals surface area contributed by atoms with Crippen LogP contribution in [0.25, 0.3) is 45.2 Å². The summed E-state index contributed by atoms with van der Waals surface area (Å²) in [7, 11) is -7.16. The van der Waals surface area contributed by atoms with Gasteiger partial charge in [-0.3, -0.25) is 9.13 Å². The number of aldehydes is 1. The molecule has 0 atom stereocenters. The Morgan fingerprint density at radius 3 is 1.78 bits per heavy atom. The first kappa shape index (κ1) is 37.9. The number of nitriles is 1. The lowest BCUT2D eigenvalue weighted by molar-refractivity contribution is -0.107. The Labute approximate surface area is 319 Å². The predicted octanol–water partition coefficient (Wildman–Crippen LogP) is 5.73. The summed E-state index contributed by atoms with van der Waals surface area (Å²) >= 11 is 12.1. The lowest BCUT2D eigenvalue weighted by atomic mass is 10.1. The Morgan fingerprint density at radius 2 is 1.22 bits per heavy atom. The molecule has 0 aliphatic heterocycles. The zero-order chi connectivity index (χ0) is 38.6. The van der Waals surface area contributed by atoms with Crippen LogP contribution in [0.1, 0.15) is 11.4 Å². The van der Waals surface area contributed by atoms with Crippen LogP contribution in [0.15, 0.2) is 108 Å². The molecule has 7 rings (SSSR count). The number of imidazole rings is 2. The second-order valence-corrected chi connectivity index (χ2v) is 16.3. The fourth-order valence-corrected chi connectivity index (χ4v) is 6.68. The van der Waals surface area contributed by atoms with Gasteiger partial charge in [0.15, 0.2) is 0 Å². The molecule has 3 aromatic carbocycles. The van der Waals surface area contributed by atoms with Gasteiger partial charge in [-0.05, 0) is 47.2 Å². The molecule has 0 spiro atoms. The molecule has 0 N–H and O–H groups in total. The van der Waals surface area contributed by atoms with Gasteiger partial charge in [-0.2, -0.15) is 5.26 Å². The highest BCUT2D eigenvalue weighted by Crippen LogP contribution is 2.31. The average Bonchev–Trinajstić information content (AvgIpc) is 3.77. The summed E-state index contributed by atoms with van der Waals surface area (Å²) < 4.78 is 50.5. The predicted molar refractivity (Wildman–Crippen MR) is 202 cm³/mol. The molecule has 18 heteroatoms. The van der Waals surface area contributed by atoms with E-state index in [0.29, 0.717) is 44.5 Å². The Balaban J connectivity index is 0.000000185. The maximum absolute atomic E-state index is 11.9. The number of carbonyl (C=O) groups excluding carboxylic acids is 1. The third-order valence-electron chi connectivity index (χ3n) is 7.77. The third kappa shape index (κ3) is 8.19. The maximum Gasteiger partial charge on any atom is 0.248 e. The average molecular weight is 801 g/mol. The van der Waals surface area contributed by atoms with Gasteiger partial charge in [-0.25, -0.2) is 46.7 Å². The zero-order valence-corrected chi connectivity index (χ0v) is 31.5. The van der Waals surface area contributed by atoms with Crippen molar-refractivity contribution in [1.29, 1.82) is 5.26 Å². The van der Waals surface area contributed by atoms with Crippen molar-refractivity contribution in [3.8, 4) is 40.5 Å². The SMILES string of the molecule is CS(=O)(=O)c1nccc(-n2c(CC#N)cnc2-c2ccc(Cl)c(Cl)c2)n1.CS(=O)(=O)c1nccc(-n2c(CC=O)cnc2-c2ccc3ccccc3c2)n1. The molecule has 0 aliphatic carbocycles. The van der Waals surface area contributed by atoms with E-state index in [9.17, 15) is 21.6 Å². The molecule has 0 saturated carbocycles. The van der Waals surface area contributed by atoms with Gasteiger partial charge in [-0.15, -0.1) is 0 Å². The molecule has 0 saturated heterocycles. The lowest BCUT2D eigenvalue weighted by Crippen LogP contribution is -2.10. The minimum Gasteiger partial charge on any atom is -0.303 e. The number of rotatable bonds is 9. The van der Waals surface area contributed by atoms with Crippen LogP contribution in [-0.4, -0.2) is 74.7 Å². The fraction of sp³-hybridized carbons (Fsp3) is 0.111. The second-order valence-electron chi connectivity index (χ2n) is 11.7. The van der Waals surface area contributed by atoms with Crippen LogP contribution < -0.4 is 0 Å². The van der Waals surface area contributed by atoms with Crippen LogP contribution in [0.2, 0.25) is 10.0 Å². The van der Waals surface area contributed by atoms with Gasteiger partial charge in [-0.1, -0.05) is 59.6 Å². The first-order chi connectivity index (χ1) is 25.8. The van der Waals surface area contributed by atoms with Crippen molar-refractivity contribution >= 4 is 59.9 Å². The quantitative estimate of drug-likeness (QED) is 0.127. The summed E-state index contributed by atoms with van der Waals surface area (Å²) in [6.45, 7) is 0. The number of carbonyl (C=O) groups is 1.